The molecule has 0 N–H and O–H groups in total. The molecule has 0 unspecified atom stereocenters. The average Bonchev–Trinajstić information content (AvgIpc) is 2.85. The van der Waals surface area contributed by atoms with E-state index in [-0.39, 0.29) is 0 Å². The fourth-order valence-electron chi connectivity index (χ4n) is 5.39. The molecule has 2 heterocycles. The van der Waals surface area contributed by atoms with E-state index in [2.05, 4.69) is 32.9 Å². The van der Waals surface area contributed by atoms with Crippen LogP contribution in [0.1, 0.15) is 52.9 Å². The second-order valence-corrected chi connectivity index (χ2v) is 9.42. The SMILES string of the molecule is CC(C)[C@H]1CC[C@@H](C)CC12Oc1cccc3c1-c1c(cccc1O2)OCCCCO3. The van der Waals surface area contributed by atoms with Gasteiger partial charge in [-0.25, -0.2) is 0 Å². The summed E-state index contributed by atoms with van der Waals surface area (Å²) in [6.45, 7) is 8.22. The summed E-state index contributed by atoms with van der Waals surface area (Å²) in [5.41, 5.74) is 1.92. The van der Waals surface area contributed by atoms with Crippen LogP contribution in [-0.2, 0) is 0 Å². The van der Waals surface area contributed by atoms with Crippen molar-refractivity contribution in [2.75, 3.05) is 13.2 Å². The Bertz CT molecular complexity index is 860. The Balaban J connectivity index is 1.74. The van der Waals surface area contributed by atoms with E-state index in [0.29, 0.717) is 31.0 Å². The molecule has 1 spiro atoms. The maximum Gasteiger partial charge on any atom is 0.254 e. The topological polar surface area (TPSA) is 36.9 Å². The van der Waals surface area contributed by atoms with Gasteiger partial charge in [-0.3, -0.25) is 0 Å². The second-order valence-electron chi connectivity index (χ2n) is 9.42. The summed E-state index contributed by atoms with van der Waals surface area (Å²) in [7, 11) is 0. The summed E-state index contributed by atoms with van der Waals surface area (Å²) in [6, 6.07) is 12.2. The molecule has 4 nitrogen and oxygen atoms in total. The monoisotopic (exact) mass is 408 g/mol. The van der Waals surface area contributed by atoms with Crippen LogP contribution in [0.3, 0.4) is 0 Å². The second kappa shape index (κ2) is 7.72. The Morgan fingerprint density at radius 1 is 0.800 bits per heavy atom. The molecule has 160 valence electrons. The molecular weight excluding hydrogens is 376 g/mol. The van der Waals surface area contributed by atoms with Crippen molar-refractivity contribution in [1.82, 2.24) is 0 Å². The van der Waals surface area contributed by atoms with Crippen LogP contribution in [0.15, 0.2) is 36.4 Å². The molecule has 0 bridgehead atoms. The summed E-state index contributed by atoms with van der Waals surface area (Å²) in [5, 5.41) is 0. The van der Waals surface area contributed by atoms with Crippen molar-refractivity contribution >= 4 is 0 Å². The van der Waals surface area contributed by atoms with E-state index in [1.807, 2.05) is 24.3 Å². The zero-order valence-electron chi connectivity index (χ0n) is 18.3. The predicted molar refractivity (Wildman–Crippen MR) is 117 cm³/mol. The van der Waals surface area contributed by atoms with Gasteiger partial charge in [0.2, 0.25) is 0 Å². The van der Waals surface area contributed by atoms with Crippen molar-refractivity contribution in [1.29, 1.82) is 0 Å². The van der Waals surface area contributed by atoms with E-state index in [1.54, 1.807) is 0 Å². The third-order valence-corrected chi connectivity index (χ3v) is 6.82. The van der Waals surface area contributed by atoms with Gasteiger partial charge in [-0.15, -0.1) is 0 Å². The van der Waals surface area contributed by atoms with Crippen molar-refractivity contribution in [3.05, 3.63) is 36.4 Å². The van der Waals surface area contributed by atoms with Gasteiger partial charge in [0.05, 0.1) is 24.3 Å². The third-order valence-electron chi connectivity index (χ3n) is 6.82. The summed E-state index contributed by atoms with van der Waals surface area (Å²) in [5.74, 6) is 4.01. The van der Waals surface area contributed by atoms with Crippen LogP contribution in [0.25, 0.3) is 11.1 Å². The highest BCUT2D eigenvalue weighted by Gasteiger charge is 2.51. The van der Waals surface area contributed by atoms with Crippen molar-refractivity contribution < 1.29 is 18.9 Å². The molecule has 2 atom stereocenters. The Kier molecular flexibility index (Phi) is 5.04. The van der Waals surface area contributed by atoms with Crippen LogP contribution in [0, 0.1) is 17.8 Å². The van der Waals surface area contributed by atoms with Crippen LogP contribution in [0.2, 0.25) is 0 Å². The Morgan fingerprint density at radius 3 is 1.87 bits per heavy atom. The third kappa shape index (κ3) is 3.30. The summed E-state index contributed by atoms with van der Waals surface area (Å²) >= 11 is 0. The van der Waals surface area contributed by atoms with Gasteiger partial charge >= 0.3 is 0 Å². The zero-order chi connectivity index (χ0) is 20.7. The van der Waals surface area contributed by atoms with Crippen molar-refractivity contribution in [2.24, 2.45) is 17.8 Å². The standard InChI is InChI=1S/C26H32O4/c1-17(2)19-13-12-18(3)16-26(19)29-22-10-6-8-20-24(22)25-21(9-7-11-23(25)30-26)28-15-5-4-14-27-20/h6-11,17-19H,4-5,12-16H2,1-3H3/t18-,19-/m1/s1. The first kappa shape index (κ1) is 19.6. The van der Waals surface area contributed by atoms with Gasteiger partial charge in [0.25, 0.3) is 5.79 Å². The number of rotatable bonds is 1. The van der Waals surface area contributed by atoms with E-state index in [9.17, 15) is 0 Å². The zero-order valence-corrected chi connectivity index (χ0v) is 18.3. The Hall–Kier alpha value is -2.36. The number of hydrogen-bond donors (Lipinski definition) is 0. The molecule has 1 fully saturated rings. The lowest BCUT2D eigenvalue weighted by atomic mass is 9.72. The maximum absolute atomic E-state index is 6.89. The minimum atomic E-state index is -0.677. The van der Waals surface area contributed by atoms with Crippen LogP contribution >= 0.6 is 0 Å². The molecule has 2 aliphatic heterocycles. The quantitative estimate of drug-likeness (QED) is 0.542. The molecule has 0 saturated heterocycles. The van der Waals surface area contributed by atoms with Gasteiger partial charge in [-0.1, -0.05) is 32.9 Å². The lowest BCUT2D eigenvalue weighted by molar-refractivity contribution is -0.194. The molecule has 1 saturated carbocycles. The van der Waals surface area contributed by atoms with Crippen LogP contribution < -0.4 is 18.9 Å². The highest BCUT2D eigenvalue weighted by atomic mass is 16.7. The molecule has 0 amide bonds. The van der Waals surface area contributed by atoms with Crippen LogP contribution in [-0.4, -0.2) is 19.0 Å². The van der Waals surface area contributed by atoms with Gasteiger partial charge in [0.15, 0.2) is 0 Å². The van der Waals surface area contributed by atoms with E-state index in [0.717, 1.165) is 59.8 Å². The van der Waals surface area contributed by atoms with Gasteiger partial charge in [0.1, 0.15) is 23.0 Å². The first-order chi connectivity index (χ1) is 14.6. The average molecular weight is 409 g/mol. The van der Waals surface area contributed by atoms with E-state index >= 15 is 0 Å². The highest BCUT2D eigenvalue weighted by molar-refractivity contribution is 5.86. The summed E-state index contributed by atoms with van der Waals surface area (Å²) in [4.78, 5) is 0. The van der Waals surface area contributed by atoms with Crippen molar-refractivity contribution in [3.8, 4) is 34.1 Å². The first-order valence-corrected chi connectivity index (χ1v) is 11.5. The normalized spacial score (nSPS) is 24.5. The maximum atomic E-state index is 6.89. The number of ether oxygens (including phenoxy) is 4. The summed E-state index contributed by atoms with van der Waals surface area (Å²) < 4.78 is 26.2. The molecule has 30 heavy (non-hydrogen) atoms. The molecule has 2 aromatic carbocycles. The van der Waals surface area contributed by atoms with Gasteiger partial charge in [-0.2, -0.15) is 0 Å². The van der Waals surface area contributed by atoms with Crippen molar-refractivity contribution in [2.45, 2.75) is 58.7 Å². The van der Waals surface area contributed by atoms with Crippen molar-refractivity contribution in [3.63, 3.8) is 0 Å². The number of hydrogen-bond acceptors (Lipinski definition) is 4. The van der Waals surface area contributed by atoms with Gasteiger partial charge < -0.3 is 18.9 Å². The summed E-state index contributed by atoms with van der Waals surface area (Å²) in [6.07, 6.45) is 5.13. The molecule has 1 aliphatic carbocycles. The molecule has 5 rings (SSSR count). The fourth-order valence-corrected chi connectivity index (χ4v) is 5.39. The first-order valence-electron chi connectivity index (χ1n) is 11.5. The van der Waals surface area contributed by atoms with E-state index in [1.165, 1.54) is 6.42 Å². The number of benzene rings is 2. The van der Waals surface area contributed by atoms with E-state index < -0.39 is 5.79 Å². The molecule has 0 radical (unpaired) electrons. The lowest BCUT2D eigenvalue weighted by Crippen LogP contribution is -2.54. The minimum absolute atomic E-state index is 0.317. The fraction of sp³-hybridized carbons (Fsp3) is 0.538. The Morgan fingerprint density at radius 2 is 1.33 bits per heavy atom. The molecule has 3 aliphatic rings. The molecule has 4 heteroatoms. The lowest BCUT2D eigenvalue weighted by Gasteiger charge is -2.46. The smallest absolute Gasteiger partial charge is 0.254 e. The van der Waals surface area contributed by atoms with Crippen LogP contribution in [0.4, 0.5) is 0 Å². The minimum Gasteiger partial charge on any atom is -0.493 e. The van der Waals surface area contributed by atoms with Gasteiger partial charge in [0, 0.05) is 12.3 Å². The molecule has 2 aromatic rings. The van der Waals surface area contributed by atoms with Crippen LogP contribution in [0.5, 0.6) is 23.0 Å². The molecule has 0 aromatic heterocycles. The largest absolute Gasteiger partial charge is 0.493 e. The van der Waals surface area contributed by atoms with Gasteiger partial charge in [-0.05, 0) is 61.8 Å². The van der Waals surface area contributed by atoms with E-state index in [4.69, 9.17) is 18.9 Å². The Labute approximate surface area is 179 Å². The molecular formula is C26H32O4. The predicted octanol–water partition coefficient (Wildman–Crippen LogP) is 6.46. The highest BCUT2D eigenvalue weighted by Crippen LogP contribution is 2.55.